The van der Waals surface area contributed by atoms with E-state index in [0.717, 1.165) is 55.2 Å². The number of thiazole rings is 1. The van der Waals surface area contributed by atoms with E-state index in [1.54, 1.807) is 26.3 Å². The van der Waals surface area contributed by atoms with Crippen LogP contribution in [-0.2, 0) is 40.6 Å². The molecule has 394 valence electrons. The maximum absolute atomic E-state index is 16.0. The van der Waals surface area contributed by atoms with Crippen LogP contribution in [0.2, 0.25) is 0 Å². The Kier molecular flexibility index (Phi) is 16.4. The van der Waals surface area contributed by atoms with Crippen molar-refractivity contribution in [3.05, 3.63) is 106 Å². The van der Waals surface area contributed by atoms with Crippen molar-refractivity contribution in [2.75, 3.05) is 59.3 Å². The highest BCUT2D eigenvalue weighted by Gasteiger charge is 2.54. The summed E-state index contributed by atoms with van der Waals surface area (Å²) in [5, 5.41) is 17.2. The molecule has 0 radical (unpaired) electrons. The molecule has 0 bridgehead atoms. The van der Waals surface area contributed by atoms with Gasteiger partial charge in [-0.3, -0.25) is 19.3 Å². The van der Waals surface area contributed by atoms with Crippen molar-refractivity contribution in [1.82, 2.24) is 30.4 Å². The van der Waals surface area contributed by atoms with Crippen LogP contribution in [0.5, 0.6) is 5.75 Å². The number of amides is 3. The van der Waals surface area contributed by atoms with Crippen LogP contribution in [0.3, 0.4) is 0 Å². The lowest BCUT2D eigenvalue weighted by molar-refractivity contribution is -0.145. The molecule has 14 nitrogen and oxygen atoms in total. The first-order valence-corrected chi connectivity index (χ1v) is 25.7. The molecule has 3 aromatic carbocycles. The number of likely N-dealkylation sites (tertiary alicyclic amines) is 1. The lowest BCUT2D eigenvalue weighted by Gasteiger charge is -2.43. The molecule has 8 rings (SSSR count). The number of hydrogen-bond donors (Lipinski definition) is 4. The van der Waals surface area contributed by atoms with Crippen LogP contribution in [0.15, 0.2) is 66.2 Å². The van der Waals surface area contributed by atoms with E-state index >= 15 is 17.6 Å². The number of ether oxygens (including phenoxy) is 4. The number of aromatic amines is 1. The minimum Gasteiger partial charge on any atom is -0.491 e. The van der Waals surface area contributed by atoms with E-state index in [0.29, 0.717) is 25.0 Å². The summed E-state index contributed by atoms with van der Waals surface area (Å²) in [6.45, 7) is 11.6. The molecule has 5 aromatic rings. The molecule has 1 aliphatic carbocycles. The van der Waals surface area contributed by atoms with Crippen LogP contribution in [-0.4, -0.2) is 138 Å². The lowest BCUT2D eigenvalue weighted by atomic mass is 9.85. The van der Waals surface area contributed by atoms with Gasteiger partial charge in [-0.2, -0.15) is 0 Å². The second-order valence-electron chi connectivity index (χ2n) is 21.1. The molecule has 4 heterocycles. The number of aliphatic hydroxyl groups is 1. The quantitative estimate of drug-likeness (QED) is 0.0424. The zero-order valence-corrected chi connectivity index (χ0v) is 43.2. The Bertz CT molecular complexity index is 2730. The number of nitrogens with zero attached hydrogens (tertiary/aromatic N) is 3. The van der Waals surface area contributed by atoms with Gasteiger partial charge in [0.15, 0.2) is 6.17 Å². The van der Waals surface area contributed by atoms with Crippen molar-refractivity contribution in [3.8, 4) is 16.2 Å². The summed E-state index contributed by atoms with van der Waals surface area (Å²) < 4.78 is 85.1. The molecule has 73 heavy (non-hydrogen) atoms. The second-order valence-corrected chi connectivity index (χ2v) is 21.9. The number of carbonyl (C=O) groups is 3. The summed E-state index contributed by atoms with van der Waals surface area (Å²) in [4.78, 5) is 52.6. The van der Waals surface area contributed by atoms with Gasteiger partial charge in [0.1, 0.15) is 54.5 Å². The summed E-state index contributed by atoms with van der Waals surface area (Å²) in [6.07, 6.45) is -1.80. The van der Waals surface area contributed by atoms with Crippen LogP contribution in [0.25, 0.3) is 21.3 Å². The Morgan fingerprint density at radius 3 is 2.21 bits per heavy atom. The van der Waals surface area contributed by atoms with Crippen molar-refractivity contribution in [2.45, 2.75) is 115 Å². The van der Waals surface area contributed by atoms with E-state index in [1.165, 1.54) is 25.2 Å². The predicted octanol–water partition coefficient (Wildman–Crippen LogP) is 7.64. The minimum absolute atomic E-state index is 0.00533. The number of halogens is 4. The van der Waals surface area contributed by atoms with Gasteiger partial charge in [-0.25, -0.2) is 22.5 Å². The average molecular weight is 1040 g/mol. The number of para-hydroxylation sites is 1. The molecule has 2 aromatic heterocycles. The second kappa shape index (κ2) is 22.2. The number of nitrogens with one attached hydrogen (secondary N) is 3. The fraction of sp³-hybridized carbons (Fsp3) is 0.519. The molecule has 19 heteroatoms. The first-order valence-electron chi connectivity index (χ1n) is 24.8. The number of fused-ring (bicyclic) bond motifs is 3. The number of carbonyl (C=O) groups excluding carboxylic acids is 3. The number of H-pyrrole nitrogens is 1. The number of rotatable bonds is 21. The van der Waals surface area contributed by atoms with Gasteiger partial charge in [0.2, 0.25) is 17.7 Å². The molecule has 3 amide bonds. The molecule has 0 unspecified atom stereocenters. The van der Waals surface area contributed by atoms with Crippen LogP contribution < -0.4 is 15.4 Å². The molecule has 3 aliphatic rings. The minimum atomic E-state index is -2.04. The third-order valence-electron chi connectivity index (χ3n) is 13.8. The molecule has 1 saturated carbocycles. The normalized spacial score (nSPS) is 21.3. The summed E-state index contributed by atoms with van der Waals surface area (Å²) in [5.41, 5.74) is 3.57. The van der Waals surface area contributed by atoms with Gasteiger partial charge in [-0.05, 0) is 75.1 Å². The van der Waals surface area contributed by atoms with Crippen LogP contribution >= 0.6 is 11.3 Å². The van der Waals surface area contributed by atoms with Crippen LogP contribution in [0.4, 0.5) is 17.6 Å². The van der Waals surface area contributed by atoms with Gasteiger partial charge < -0.3 is 44.6 Å². The van der Waals surface area contributed by atoms with Gasteiger partial charge in [0.05, 0.1) is 67.2 Å². The largest absolute Gasteiger partial charge is 0.491 e. The van der Waals surface area contributed by atoms with Gasteiger partial charge in [-0.15, -0.1) is 11.3 Å². The monoisotopic (exact) mass is 1030 g/mol. The number of alkyl halides is 2. The van der Waals surface area contributed by atoms with E-state index < -0.39 is 89.5 Å². The Labute approximate surface area is 427 Å². The zero-order valence-electron chi connectivity index (χ0n) is 42.4. The average Bonchev–Trinajstić information content (AvgIpc) is 3.66. The smallest absolute Gasteiger partial charge is 0.246 e. The third-order valence-corrected chi connectivity index (χ3v) is 14.8. The van der Waals surface area contributed by atoms with Crippen molar-refractivity contribution in [3.63, 3.8) is 0 Å². The van der Waals surface area contributed by atoms with Crippen molar-refractivity contribution in [2.24, 2.45) is 5.41 Å². The Hall–Kier alpha value is -5.44. The van der Waals surface area contributed by atoms with Crippen molar-refractivity contribution in [1.29, 1.82) is 0 Å². The van der Waals surface area contributed by atoms with E-state index in [2.05, 4.69) is 20.6 Å². The van der Waals surface area contributed by atoms with Crippen molar-refractivity contribution < 1.29 is 56.0 Å². The predicted molar refractivity (Wildman–Crippen MR) is 269 cm³/mol. The van der Waals surface area contributed by atoms with Gasteiger partial charge in [-0.1, -0.05) is 63.2 Å². The lowest BCUT2D eigenvalue weighted by Crippen LogP contribution is -2.59. The first-order chi connectivity index (χ1) is 34.7. The Morgan fingerprint density at radius 2 is 1.59 bits per heavy atom. The molecule has 2 aliphatic heterocycles. The number of β-amino-alcohol motifs (C(OH)–C–C–N with tert-alkyl or cyclic N) is 1. The molecular weight excluding hydrogens is 969 g/mol. The summed E-state index contributed by atoms with van der Waals surface area (Å²) in [7, 11) is 0. The number of benzene rings is 3. The number of hydrogen-bond acceptors (Lipinski definition) is 11. The van der Waals surface area contributed by atoms with Crippen molar-refractivity contribution >= 4 is 40.0 Å². The molecule has 1 saturated heterocycles. The fourth-order valence-electron chi connectivity index (χ4n) is 10.00. The molecular formula is C54H66F4N6O8S. The fourth-order valence-corrected chi connectivity index (χ4v) is 10.8. The molecule has 4 N–H and O–H groups in total. The number of aromatic nitrogens is 2. The molecule has 6 atom stereocenters. The maximum atomic E-state index is 16.0. The highest BCUT2D eigenvalue weighted by molar-refractivity contribution is 7.13. The van der Waals surface area contributed by atoms with E-state index in [1.807, 2.05) is 67.3 Å². The van der Waals surface area contributed by atoms with Crippen LogP contribution in [0.1, 0.15) is 88.5 Å². The highest BCUT2D eigenvalue weighted by Crippen LogP contribution is 2.47. The SMILES string of the molecule is Cc1ncsc1-c1ccc(C2(NC(=O)[C@@H]3[C@@H](F)[C@@H](O)CN3C(=O)[C@@H](NC(=O)COCCOCCOCCOc3cc(F)c([C@@H]4c5[nH]c6ccccc6c5C[C@@H](C)N4CC(C)(C)F)c(F)c3)C(C)(C)C)CC2)cc1. The number of aryl methyl sites for hydroxylation is 1. The highest BCUT2D eigenvalue weighted by atomic mass is 32.1. The summed E-state index contributed by atoms with van der Waals surface area (Å²) in [6, 6.07) is 13.8. The maximum Gasteiger partial charge on any atom is 0.246 e. The van der Waals surface area contributed by atoms with E-state index in [-0.39, 0.29) is 63.5 Å². The molecule has 0 spiro atoms. The Balaban J connectivity index is 0.758. The van der Waals surface area contributed by atoms with Gasteiger partial charge in [0, 0.05) is 46.9 Å². The Morgan fingerprint density at radius 1 is 0.945 bits per heavy atom. The summed E-state index contributed by atoms with van der Waals surface area (Å²) >= 11 is 1.53. The first kappa shape index (κ1) is 53.8. The third kappa shape index (κ3) is 12.2. The number of aliphatic hydroxyl groups excluding tert-OH is 1. The van der Waals surface area contributed by atoms with E-state index in [4.69, 9.17) is 18.9 Å². The summed E-state index contributed by atoms with van der Waals surface area (Å²) in [5.74, 6) is -3.69. The molecule has 2 fully saturated rings. The van der Waals surface area contributed by atoms with Crippen LogP contribution in [0, 0.1) is 24.0 Å². The van der Waals surface area contributed by atoms with Gasteiger partial charge >= 0.3 is 0 Å². The standard InChI is InChI=1S/C54H66F4N6O8S/c1-31-24-37-36-10-8-9-11-40(36)60-45(37)46(64(31)29-53(6,7)58)43-38(55)25-35(26-39(43)56)72-23-22-70-19-18-69-20-21-71-28-42(66)61-49(52(3,4)5)51(68)63-27-41(65)44(57)47(63)50(67)62-54(16-17-54)34-14-12-33(13-15-34)48-32(2)59-30-73-48/h8-15,25-26,30-31,41,44,46-47,49,60,65H,16-24,27-29H2,1-7H3,(H,61,66)(H,62,67)/t31-,41+,44+,46-,47+,49-/m1/s1. The van der Waals surface area contributed by atoms with E-state index in [9.17, 15) is 19.5 Å². The topological polar surface area (TPSA) is 168 Å². The van der Waals surface area contributed by atoms with Gasteiger partial charge in [0.25, 0.3) is 0 Å². The zero-order chi connectivity index (χ0) is 52.4.